The maximum Gasteiger partial charge on any atom is 0.231 e. The minimum absolute atomic E-state index is 0.295. The van der Waals surface area contributed by atoms with Gasteiger partial charge in [0.25, 0.3) is 0 Å². The number of ether oxygens (including phenoxy) is 1. The van der Waals surface area contributed by atoms with Crippen molar-refractivity contribution in [3.05, 3.63) is 36.0 Å². The van der Waals surface area contributed by atoms with Crippen LogP contribution in [0.3, 0.4) is 0 Å². The van der Waals surface area contributed by atoms with Crippen LogP contribution in [-0.2, 0) is 11.8 Å². The van der Waals surface area contributed by atoms with E-state index in [1.54, 1.807) is 17.9 Å². The molecule has 1 saturated heterocycles. The number of nitrogens with one attached hydrogen (secondary N) is 1. The molecule has 0 unspecified atom stereocenters. The van der Waals surface area contributed by atoms with Crippen molar-refractivity contribution >= 4 is 28.5 Å². The standard InChI is InChI=1S/C16H16F2N6O/c1-23-14-11(9-19-23)15(24-4-6-25-7-5-24)22-16(21-14)20-10-2-3-12(17)13(18)8-10/h2-3,8-9H,4-7H2,1H3,(H,20,21,22). The van der Waals surface area contributed by atoms with Gasteiger partial charge in [-0.2, -0.15) is 15.1 Å². The fourth-order valence-electron chi connectivity index (χ4n) is 2.78. The van der Waals surface area contributed by atoms with E-state index < -0.39 is 11.6 Å². The zero-order valence-electron chi connectivity index (χ0n) is 13.5. The number of hydrogen-bond donors (Lipinski definition) is 1. The first-order valence-electron chi connectivity index (χ1n) is 7.86. The van der Waals surface area contributed by atoms with Crippen LogP contribution in [0.4, 0.5) is 26.2 Å². The largest absolute Gasteiger partial charge is 0.378 e. The van der Waals surface area contributed by atoms with Crippen LogP contribution in [0.5, 0.6) is 0 Å². The fourth-order valence-corrected chi connectivity index (χ4v) is 2.78. The smallest absolute Gasteiger partial charge is 0.231 e. The minimum Gasteiger partial charge on any atom is -0.378 e. The molecule has 0 atom stereocenters. The quantitative estimate of drug-likeness (QED) is 0.784. The average Bonchev–Trinajstić information content (AvgIpc) is 3.00. The van der Waals surface area contributed by atoms with Gasteiger partial charge in [0.05, 0.1) is 24.8 Å². The van der Waals surface area contributed by atoms with Crippen molar-refractivity contribution < 1.29 is 13.5 Å². The first-order chi connectivity index (χ1) is 12.1. The Hall–Kier alpha value is -2.81. The number of halogens is 2. The van der Waals surface area contributed by atoms with Crippen LogP contribution in [0.15, 0.2) is 24.4 Å². The van der Waals surface area contributed by atoms with Crippen LogP contribution >= 0.6 is 0 Å². The maximum atomic E-state index is 13.4. The summed E-state index contributed by atoms with van der Waals surface area (Å²) in [5.74, 6) is -0.794. The lowest BCUT2D eigenvalue weighted by atomic mass is 10.3. The third-order valence-corrected chi connectivity index (χ3v) is 4.06. The van der Waals surface area contributed by atoms with Gasteiger partial charge in [-0.25, -0.2) is 8.78 Å². The lowest BCUT2D eigenvalue weighted by Crippen LogP contribution is -2.37. The SMILES string of the molecule is Cn1ncc2c(N3CCOCC3)nc(Nc3ccc(F)c(F)c3)nc21. The zero-order chi connectivity index (χ0) is 17.4. The molecule has 130 valence electrons. The number of anilines is 3. The molecule has 25 heavy (non-hydrogen) atoms. The van der Waals surface area contributed by atoms with Crippen LogP contribution in [0.25, 0.3) is 11.0 Å². The van der Waals surface area contributed by atoms with E-state index in [2.05, 4.69) is 25.3 Å². The molecule has 0 spiro atoms. The Morgan fingerprint density at radius 1 is 1.12 bits per heavy atom. The van der Waals surface area contributed by atoms with Gasteiger partial charge in [0.2, 0.25) is 5.95 Å². The summed E-state index contributed by atoms with van der Waals surface area (Å²) in [5.41, 5.74) is 1.02. The van der Waals surface area contributed by atoms with Crippen LogP contribution in [0.2, 0.25) is 0 Å². The fraction of sp³-hybridized carbons (Fsp3) is 0.312. The van der Waals surface area contributed by atoms with E-state index in [1.165, 1.54) is 6.07 Å². The molecular weight excluding hydrogens is 330 g/mol. The van der Waals surface area contributed by atoms with Crippen molar-refractivity contribution in [1.82, 2.24) is 19.7 Å². The molecule has 4 rings (SSSR count). The summed E-state index contributed by atoms with van der Waals surface area (Å²) in [4.78, 5) is 11.1. The van der Waals surface area contributed by atoms with E-state index in [9.17, 15) is 8.78 Å². The summed E-state index contributed by atoms with van der Waals surface area (Å²) < 4.78 is 33.6. The minimum atomic E-state index is -0.931. The molecule has 1 aromatic carbocycles. The summed E-state index contributed by atoms with van der Waals surface area (Å²) in [6.07, 6.45) is 1.72. The Balaban J connectivity index is 1.75. The highest BCUT2D eigenvalue weighted by Crippen LogP contribution is 2.27. The normalized spacial score (nSPS) is 14.9. The highest BCUT2D eigenvalue weighted by atomic mass is 19.2. The molecule has 1 aliphatic rings. The summed E-state index contributed by atoms with van der Waals surface area (Å²) >= 11 is 0. The molecule has 0 bridgehead atoms. The van der Waals surface area contributed by atoms with Gasteiger partial charge in [0.15, 0.2) is 17.3 Å². The van der Waals surface area contributed by atoms with E-state index in [4.69, 9.17) is 4.74 Å². The summed E-state index contributed by atoms with van der Waals surface area (Å²) in [5, 5.41) is 8.01. The number of fused-ring (bicyclic) bond motifs is 1. The predicted octanol–water partition coefficient (Wildman–Crippen LogP) is 2.22. The van der Waals surface area contributed by atoms with Gasteiger partial charge in [0, 0.05) is 31.9 Å². The Morgan fingerprint density at radius 3 is 2.68 bits per heavy atom. The second-order valence-corrected chi connectivity index (χ2v) is 5.73. The number of rotatable bonds is 3. The number of aromatic nitrogens is 4. The van der Waals surface area contributed by atoms with Gasteiger partial charge in [-0.1, -0.05) is 0 Å². The van der Waals surface area contributed by atoms with Crippen LogP contribution in [-0.4, -0.2) is 46.1 Å². The second-order valence-electron chi connectivity index (χ2n) is 5.73. The van der Waals surface area contributed by atoms with Gasteiger partial charge >= 0.3 is 0 Å². The van der Waals surface area contributed by atoms with Crippen molar-refractivity contribution in [2.24, 2.45) is 7.05 Å². The number of nitrogens with zero attached hydrogens (tertiary/aromatic N) is 5. The Morgan fingerprint density at radius 2 is 1.92 bits per heavy atom. The molecule has 0 amide bonds. The molecule has 3 heterocycles. The number of aryl methyl sites for hydroxylation is 1. The first-order valence-corrected chi connectivity index (χ1v) is 7.86. The van der Waals surface area contributed by atoms with E-state index in [1.807, 2.05) is 0 Å². The lowest BCUT2D eigenvalue weighted by molar-refractivity contribution is 0.122. The Bertz CT molecular complexity index is 922. The van der Waals surface area contributed by atoms with Crippen molar-refractivity contribution in [3.63, 3.8) is 0 Å². The second kappa shape index (κ2) is 6.25. The van der Waals surface area contributed by atoms with Crippen molar-refractivity contribution in [1.29, 1.82) is 0 Å². The molecule has 1 aliphatic heterocycles. The van der Waals surface area contributed by atoms with E-state index >= 15 is 0 Å². The van der Waals surface area contributed by atoms with Crippen molar-refractivity contribution in [2.45, 2.75) is 0 Å². The third-order valence-electron chi connectivity index (χ3n) is 4.06. The molecule has 3 aromatic rings. The van der Waals surface area contributed by atoms with Crippen LogP contribution in [0, 0.1) is 11.6 Å². The third kappa shape index (κ3) is 2.98. The van der Waals surface area contributed by atoms with E-state index in [0.29, 0.717) is 43.6 Å². The zero-order valence-corrected chi connectivity index (χ0v) is 13.5. The lowest BCUT2D eigenvalue weighted by Gasteiger charge is -2.28. The molecule has 1 N–H and O–H groups in total. The summed E-state index contributed by atoms with van der Waals surface area (Å²) in [6.45, 7) is 2.67. The van der Waals surface area contributed by atoms with E-state index in [0.717, 1.165) is 23.3 Å². The van der Waals surface area contributed by atoms with Crippen LogP contribution < -0.4 is 10.2 Å². The van der Waals surface area contributed by atoms with Gasteiger partial charge in [-0.15, -0.1) is 0 Å². The van der Waals surface area contributed by atoms with E-state index in [-0.39, 0.29) is 0 Å². The molecule has 0 saturated carbocycles. The van der Waals surface area contributed by atoms with Crippen molar-refractivity contribution in [3.8, 4) is 0 Å². The monoisotopic (exact) mass is 346 g/mol. The average molecular weight is 346 g/mol. The Kier molecular flexibility index (Phi) is 3.92. The highest BCUT2D eigenvalue weighted by Gasteiger charge is 2.19. The molecule has 7 nitrogen and oxygen atoms in total. The number of benzene rings is 1. The van der Waals surface area contributed by atoms with Crippen LogP contribution in [0.1, 0.15) is 0 Å². The summed E-state index contributed by atoms with van der Waals surface area (Å²) in [6, 6.07) is 3.56. The van der Waals surface area contributed by atoms with Gasteiger partial charge < -0.3 is 15.0 Å². The molecule has 1 fully saturated rings. The number of morpholine rings is 1. The highest BCUT2D eigenvalue weighted by molar-refractivity contribution is 5.88. The maximum absolute atomic E-state index is 13.4. The van der Waals surface area contributed by atoms with Gasteiger partial charge in [0.1, 0.15) is 5.82 Å². The van der Waals surface area contributed by atoms with Gasteiger partial charge in [-0.3, -0.25) is 4.68 Å². The first kappa shape index (κ1) is 15.7. The predicted molar refractivity (Wildman–Crippen MR) is 89.0 cm³/mol. The molecule has 0 aliphatic carbocycles. The van der Waals surface area contributed by atoms with Crippen molar-refractivity contribution in [2.75, 3.05) is 36.5 Å². The molecule has 9 heteroatoms. The topological polar surface area (TPSA) is 68.1 Å². The van der Waals surface area contributed by atoms with Gasteiger partial charge in [-0.05, 0) is 12.1 Å². The molecular formula is C16H16F2N6O. The Labute approximate surface area is 142 Å². The molecule has 2 aromatic heterocycles. The number of hydrogen-bond acceptors (Lipinski definition) is 6. The molecule has 0 radical (unpaired) electrons. The summed E-state index contributed by atoms with van der Waals surface area (Å²) in [7, 11) is 1.79.